The Kier molecular flexibility index (Phi) is 2.72. The number of thiazole rings is 1. The number of ether oxygens (including phenoxy) is 1. The van der Waals surface area contributed by atoms with Crippen LogP contribution in [0, 0.1) is 0 Å². The van der Waals surface area contributed by atoms with Crippen LogP contribution in [0.15, 0.2) is 24.5 Å². The zero-order valence-electron chi connectivity index (χ0n) is 9.51. The molecule has 0 fully saturated rings. The van der Waals surface area contributed by atoms with Crippen molar-refractivity contribution in [1.82, 2.24) is 9.38 Å². The van der Waals surface area contributed by atoms with E-state index in [4.69, 9.17) is 16.3 Å². The molecule has 0 atom stereocenters. The van der Waals surface area contributed by atoms with Gasteiger partial charge in [-0.1, -0.05) is 11.6 Å². The number of aromatic nitrogens is 2. The van der Waals surface area contributed by atoms with Crippen LogP contribution in [0.25, 0.3) is 15.0 Å². The van der Waals surface area contributed by atoms with Crippen molar-refractivity contribution < 1.29 is 9.53 Å². The van der Waals surface area contributed by atoms with Gasteiger partial charge in [0.25, 0.3) is 0 Å². The van der Waals surface area contributed by atoms with Crippen LogP contribution in [0.2, 0.25) is 5.02 Å². The highest BCUT2D eigenvalue weighted by atomic mass is 35.5. The predicted octanol–water partition coefficient (Wildman–Crippen LogP) is 3.38. The number of hydrogen-bond donors (Lipinski definition) is 0. The van der Waals surface area contributed by atoms with Crippen LogP contribution in [-0.4, -0.2) is 22.0 Å². The van der Waals surface area contributed by atoms with E-state index in [0.717, 1.165) is 15.0 Å². The maximum Gasteiger partial charge on any atom is 0.360 e. The Hall–Kier alpha value is -1.59. The van der Waals surface area contributed by atoms with Crippen LogP contribution in [0.3, 0.4) is 0 Å². The molecule has 0 N–H and O–H groups in total. The second kappa shape index (κ2) is 4.26. The molecule has 0 aliphatic heterocycles. The van der Waals surface area contributed by atoms with E-state index in [1.165, 1.54) is 11.3 Å². The third-order valence-electron chi connectivity index (χ3n) is 2.58. The highest BCUT2D eigenvalue weighted by Crippen LogP contribution is 2.30. The number of hydrogen-bond acceptors (Lipinski definition) is 4. The molecular weight excluding hydrogens is 272 g/mol. The van der Waals surface area contributed by atoms with Gasteiger partial charge in [0.1, 0.15) is 11.2 Å². The van der Waals surface area contributed by atoms with Gasteiger partial charge in [-0.3, -0.25) is 4.40 Å². The average molecular weight is 281 g/mol. The van der Waals surface area contributed by atoms with Crippen molar-refractivity contribution >= 4 is 44.0 Å². The van der Waals surface area contributed by atoms with Gasteiger partial charge in [-0.15, -0.1) is 11.3 Å². The number of carbonyl (C=O) groups excluding carboxylic acids is 1. The summed E-state index contributed by atoms with van der Waals surface area (Å²) in [4.78, 5) is 16.6. The maximum atomic E-state index is 11.7. The molecule has 0 spiro atoms. The molecule has 4 nitrogen and oxygen atoms in total. The molecule has 0 amide bonds. The summed E-state index contributed by atoms with van der Waals surface area (Å²) in [6.07, 6.45) is 1.63. The van der Waals surface area contributed by atoms with Gasteiger partial charge >= 0.3 is 5.97 Å². The molecule has 2 aromatic heterocycles. The summed E-state index contributed by atoms with van der Waals surface area (Å²) in [5.41, 5.74) is 1.34. The lowest BCUT2D eigenvalue weighted by Gasteiger charge is -1.96. The van der Waals surface area contributed by atoms with Crippen molar-refractivity contribution in [2.24, 2.45) is 0 Å². The Morgan fingerprint density at radius 3 is 3.17 bits per heavy atom. The van der Waals surface area contributed by atoms with Crippen LogP contribution in [0.1, 0.15) is 17.4 Å². The summed E-state index contributed by atoms with van der Waals surface area (Å²) in [5, 5.41) is 0.678. The van der Waals surface area contributed by atoms with Gasteiger partial charge in [0.05, 0.1) is 16.8 Å². The lowest BCUT2D eigenvalue weighted by atomic mass is 10.3. The minimum absolute atomic E-state index is 0.342. The summed E-state index contributed by atoms with van der Waals surface area (Å²) >= 11 is 7.43. The molecule has 0 saturated heterocycles. The summed E-state index contributed by atoms with van der Waals surface area (Å²) in [5.74, 6) is -0.391. The SMILES string of the molecule is CCOC(=O)c1ncn2c1sc1cc(Cl)ccc12. The Labute approximate surface area is 112 Å². The van der Waals surface area contributed by atoms with Gasteiger partial charge in [0.15, 0.2) is 5.69 Å². The fourth-order valence-corrected chi connectivity index (χ4v) is 3.20. The van der Waals surface area contributed by atoms with Crippen LogP contribution >= 0.6 is 22.9 Å². The van der Waals surface area contributed by atoms with E-state index in [0.29, 0.717) is 17.3 Å². The number of fused-ring (bicyclic) bond motifs is 3. The summed E-state index contributed by atoms with van der Waals surface area (Å²) in [6, 6.07) is 5.61. The third kappa shape index (κ3) is 1.67. The molecule has 1 aromatic carbocycles. The van der Waals surface area contributed by atoms with Gasteiger partial charge in [0, 0.05) is 5.02 Å². The maximum absolute atomic E-state index is 11.7. The van der Waals surface area contributed by atoms with Crippen LogP contribution in [-0.2, 0) is 4.74 Å². The third-order valence-corrected chi connectivity index (χ3v) is 3.95. The summed E-state index contributed by atoms with van der Waals surface area (Å²) in [7, 11) is 0. The number of imidazole rings is 1. The summed E-state index contributed by atoms with van der Waals surface area (Å²) in [6.45, 7) is 2.12. The van der Waals surface area contributed by atoms with E-state index in [9.17, 15) is 4.79 Å². The van der Waals surface area contributed by atoms with Gasteiger partial charge in [-0.05, 0) is 25.1 Å². The standard InChI is InChI=1S/C12H9ClN2O2S/c1-2-17-12(16)10-11-15(6-14-10)8-4-3-7(13)5-9(8)18-11/h3-6H,2H2,1H3. The molecule has 0 saturated carbocycles. The Balaban J connectivity index is 2.24. The second-order valence-corrected chi connectivity index (χ2v) is 5.17. The fourth-order valence-electron chi connectivity index (χ4n) is 1.82. The van der Waals surface area contributed by atoms with E-state index in [1.54, 1.807) is 13.3 Å². The quantitative estimate of drug-likeness (QED) is 0.676. The van der Waals surface area contributed by atoms with Crippen LogP contribution in [0.4, 0.5) is 0 Å². The molecule has 0 bridgehead atoms. The zero-order valence-corrected chi connectivity index (χ0v) is 11.1. The number of benzene rings is 1. The highest BCUT2D eigenvalue weighted by molar-refractivity contribution is 7.24. The van der Waals surface area contributed by atoms with Crippen molar-refractivity contribution in [3.05, 3.63) is 35.2 Å². The molecule has 0 aliphatic carbocycles. The monoisotopic (exact) mass is 280 g/mol. The molecule has 3 aromatic rings. The number of rotatable bonds is 2. The molecule has 3 rings (SSSR count). The lowest BCUT2D eigenvalue weighted by molar-refractivity contribution is 0.0523. The smallest absolute Gasteiger partial charge is 0.360 e. The largest absolute Gasteiger partial charge is 0.461 e. The van der Waals surface area contributed by atoms with Crippen molar-refractivity contribution in [2.45, 2.75) is 6.92 Å². The van der Waals surface area contributed by atoms with Gasteiger partial charge in [-0.25, -0.2) is 9.78 Å². The van der Waals surface area contributed by atoms with Crippen molar-refractivity contribution in [1.29, 1.82) is 0 Å². The van der Waals surface area contributed by atoms with Gasteiger partial charge < -0.3 is 4.74 Å². The normalized spacial score (nSPS) is 11.2. The van der Waals surface area contributed by atoms with Gasteiger partial charge in [0.2, 0.25) is 0 Å². The molecule has 0 radical (unpaired) electrons. The average Bonchev–Trinajstić information content (AvgIpc) is 2.86. The first-order valence-electron chi connectivity index (χ1n) is 5.43. The molecule has 6 heteroatoms. The van der Waals surface area contributed by atoms with Crippen LogP contribution in [0.5, 0.6) is 0 Å². The fraction of sp³-hybridized carbons (Fsp3) is 0.167. The van der Waals surface area contributed by atoms with E-state index in [1.807, 2.05) is 22.6 Å². The van der Waals surface area contributed by atoms with Crippen molar-refractivity contribution in [2.75, 3.05) is 6.61 Å². The zero-order chi connectivity index (χ0) is 12.7. The first-order chi connectivity index (χ1) is 8.70. The number of esters is 1. The first-order valence-corrected chi connectivity index (χ1v) is 6.62. The minimum Gasteiger partial charge on any atom is -0.461 e. The molecule has 92 valence electrons. The molecule has 0 unspecified atom stereocenters. The van der Waals surface area contributed by atoms with Crippen molar-refractivity contribution in [3.8, 4) is 0 Å². The van der Waals surface area contributed by atoms with E-state index in [-0.39, 0.29) is 0 Å². The van der Waals surface area contributed by atoms with Crippen molar-refractivity contribution in [3.63, 3.8) is 0 Å². The Morgan fingerprint density at radius 2 is 2.39 bits per heavy atom. The van der Waals surface area contributed by atoms with E-state index >= 15 is 0 Å². The molecular formula is C12H9ClN2O2S. The molecule has 2 heterocycles. The van der Waals surface area contributed by atoms with Gasteiger partial charge in [-0.2, -0.15) is 0 Å². The lowest BCUT2D eigenvalue weighted by Crippen LogP contribution is -2.04. The Morgan fingerprint density at radius 1 is 1.56 bits per heavy atom. The molecule has 0 aliphatic rings. The first kappa shape index (κ1) is 11.5. The van der Waals surface area contributed by atoms with Crippen LogP contribution < -0.4 is 0 Å². The Bertz CT molecular complexity index is 747. The molecule has 18 heavy (non-hydrogen) atoms. The minimum atomic E-state index is -0.391. The van der Waals surface area contributed by atoms with E-state index < -0.39 is 5.97 Å². The summed E-state index contributed by atoms with van der Waals surface area (Å²) < 4.78 is 7.88. The second-order valence-electron chi connectivity index (χ2n) is 3.70. The predicted molar refractivity (Wildman–Crippen MR) is 71.5 cm³/mol. The van der Waals surface area contributed by atoms with E-state index in [2.05, 4.69) is 4.98 Å². The number of halogens is 1. The number of carbonyl (C=O) groups is 1. The topological polar surface area (TPSA) is 43.6 Å². The number of nitrogens with zero attached hydrogens (tertiary/aromatic N) is 2. The highest BCUT2D eigenvalue weighted by Gasteiger charge is 2.17.